The number of rotatable bonds is 7. The van der Waals surface area contributed by atoms with E-state index in [9.17, 15) is 5.11 Å². The molecular weight excluding hydrogens is 314 g/mol. The van der Waals surface area contributed by atoms with E-state index < -0.39 is 6.10 Å². The second kappa shape index (κ2) is 8.05. The van der Waals surface area contributed by atoms with Gasteiger partial charge in [0.2, 0.25) is 11.8 Å². The molecule has 5 nitrogen and oxygen atoms in total. The lowest BCUT2D eigenvalue weighted by molar-refractivity contribution is 0.107. The molecular formula is C20H23N3O2. The Morgan fingerprint density at radius 3 is 2.44 bits per heavy atom. The van der Waals surface area contributed by atoms with E-state index in [1.54, 1.807) is 0 Å². The highest BCUT2D eigenvalue weighted by Crippen LogP contribution is 2.19. The zero-order chi connectivity index (χ0) is 17.6. The largest absolute Gasteiger partial charge is 0.419 e. The number of aromatic nitrogens is 2. The number of aliphatic hydroxyl groups is 1. The smallest absolute Gasteiger partial charge is 0.247 e. The molecule has 1 aromatic heterocycles. The van der Waals surface area contributed by atoms with Gasteiger partial charge in [-0.25, -0.2) is 0 Å². The zero-order valence-corrected chi connectivity index (χ0v) is 14.6. The van der Waals surface area contributed by atoms with E-state index in [0.717, 1.165) is 17.7 Å². The van der Waals surface area contributed by atoms with E-state index in [1.165, 1.54) is 5.56 Å². The van der Waals surface area contributed by atoms with Gasteiger partial charge in [0.25, 0.3) is 0 Å². The molecule has 25 heavy (non-hydrogen) atoms. The third kappa shape index (κ3) is 4.53. The van der Waals surface area contributed by atoms with Crippen LogP contribution < -0.4 is 0 Å². The van der Waals surface area contributed by atoms with Crippen molar-refractivity contribution in [2.24, 2.45) is 0 Å². The van der Waals surface area contributed by atoms with Crippen molar-refractivity contribution in [1.82, 2.24) is 15.1 Å². The van der Waals surface area contributed by atoms with Crippen LogP contribution in [0.25, 0.3) is 11.5 Å². The maximum Gasteiger partial charge on any atom is 0.247 e. The third-order valence-electron chi connectivity index (χ3n) is 4.19. The number of benzene rings is 2. The Bertz CT molecular complexity index is 784. The van der Waals surface area contributed by atoms with Crippen LogP contribution in [0.5, 0.6) is 0 Å². The van der Waals surface area contributed by atoms with E-state index in [2.05, 4.69) is 22.0 Å². The van der Waals surface area contributed by atoms with Gasteiger partial charge in [0.05, 0.1) is 12.6 Å². The molecule has 0 bridgehead atoms. The molecule has 1 N–H and O–H groups in total. The molecule has 0 aliphatic heterocycles. The van der Waals surface area contributed by atoms with Gasteiger partial charge in [-0.2, -0.15) is 0 Å². The predicted octanol–water partition coefficient (Wildman–Crippen LogP) is 3.60. The van der Waals surface area contributed by atoms with Crippen LogP contribution in [0.4, 0.5) is 0 Å². The third-order valence-corrected chi connectivity index (χ3v) is 4.19. The van der Waals surface area contributed by atoms with Gasteiger partial charge in [0.1, 0.15) is 0 Å². The molecule has 0 fully saturated rings. The van der Waals surface area contributed by atoms with Crippen molar-refractivity contribution >= 4 is 0 Å². The molecule has 1 unspecified atom stereocenters. The SMILES string of the molecule is CCN(Cc1nnc(-c2ccccc2)o1)CC(O)c1ccc(C)cc1. The number of hydrogen-bond donors (Lipinski definition) is 1. The van der Waals surface area contributed by atoms with Gasteiger partial charge < -0.3 is 9.52 Å². The summed E-state index contributed by atoms with van der Waals surface area (Å²) in [6.07, 6.45) is -0.544. The molecule has 130 valence electrons. The predicted molar refractivity (Wildman–Crippen MR) is 96.8 cm³/mol. The number of aryl methyl sites for hydroxylation is 1. The first-order valence-corrected chi connectivity index (χ1v) is 8.50. The highest BCUT2D eigenvalue weighted by atomic mass is 16.4. The number of aliphatic hydroxyl groups excluding tert-OH is 1. The average molecular weight is 337 g/mol. The summed E-state index contributed by atoms with van der Waals surface area (Å²) in [4.78, 5) is 2.09. The van der Waals surface area contributed by atoms with Crippen LogP contribution in [0, 0.1) is 6.92 Å². The first-order valence-electron chi connectivity index (χ1n) is 8.50. The average Bonchev–Trinajstić information content (AvgIpc) is 3.11. The Hall–Kier alpha value is -2.50. The normalized spacial score (nSPS) is 12.5. The van der Waals surface area contributed by atoms with Crippen molar-refractivity contribution in [3.63, 3.8) is 0 Å². The molecule has 0 saturated carbocycles. The lowest BCUT2D eigenvalue weighted by atomic mass is 10.1. The van der Waals surface area contributed by atoms with Crippen molar-refractivity contribution in [3.8, 4) is 11.5 Å². The number of nitrogens with zero attached hydrogens (tertiary/aromatic N) is 3. The monoisotopic (exact) mass is 337 g/mol. The molecule has 0 spiro atoms. The molecule has 0 amide bonds. The van der Waals surface area contributed by atoms with Crippen LogP contribution in [0.15, 0.2) is 59.0 Å². The molecule has 2 aromatic carbocycles. The fourth-order valence-corrected chi connectivity index (χ4v) is 2.65. The Morgan fingerprint density at radius 2 is 1.76 bits per heavy atom. The van der Waals surface area contributed by atoms with Gasteiger partial charge in [-0.1, -0.05) is 55.0 Å². The highest BCUT2D eigenvalue weighted by molar-refractivity contribution is 5.51. The van der Waals surface area contributed by atoms with Gasteiger partial charge in [-0.3, -0.25) is 4.90 Å². The van der Waals surface area contributed by atoms with Crippen molar-refractivity contribution in [2.45, 2.75) is 26.5 Å². The lowest BCUT2D eigenvalue weighted by Crippen LogP contribution is -2.28. The Morgan fingerprint density at radius 1 is 1.04 bits per heavy atom. The van der Waals surface area contributed by atoms with E-state index in [4.69, 9.17) is 4.42 Å². The molecule has 1 atom stereocenters. The van der Waals surface area contributed by atoms with E-state index in [1.807, 2.05) is 61.5 Å². The second-order valence-electron chi connectivity index (χ2n) is 6.12. The molecule has 0 radical (unpaired) electrons. The summed E-state index contributed by atoms with van der Waals surface area (Å²) < 4.78 is 5.76. The summed E-state index contributed by atoms with van der Waals surface area (Å²) in [6, 6.07) is 17.7. The quantitative estimate of drug-likeness (QED) is 0.714. The molecule has 0 aliphatic carbocycles. The summed E-state index contributed by atoms with van der Waals surface area (Å²) in [5, 5.41) is 18.7. The summed E-state index contributed by atoms with van der Waals surface area (Å²) in [5.41, 5.74) is 3.01. The lowest BCUT2D eigenvalue weighted by Gasteiger charge is -2.22. The summed E-state index contributed by atoms with van der Waals surface area (Å²) >= 11 is 0. The van der Waals surface area contributed by atoms with Gasteiger partial charge in [-0.05, 0) is 31.2 Å². The number of hydrogen-bond acceptors (Lipinski definition) is 5. The van der Waals surface area contributed by atoms with Crippen LogP contribution in [-0.2, 0) is 6.54 Å². The highest BCUT2D eigenvalue weighted by Gasteiger charge is 2.16. The maximum atomic E-state index is 10.5. The first kappa shape index (κ1) is 17.3. The molecule has 5 heteroatoms. The minimum atomic E-state index is -0.544. The van der Waals surface area contributed by atoms with Crippen molar-refractivity contribution in [3.05, 3.63) is 71.6 Å². The molecule has 0 saturated heterocycles. The molecule has 0 aliphatic rings. The van der Waals surface area contributed by atoms with Crippen LogP contribution in [0.3, 0.4) is 0 Å². The summed E-state index contributed by atoms with van der Waals surface area (Å²) in [5.74, 6) is 1.07. The number of likely N-dealkylation sites (N-methyl/N-ethyl adjacent to an activating group) is 1. The zero-order valence-electron chi connectivity index (χ0n) is 14.6. The minimum Gasteiger partial charge on any atom is -0.419 e. The topological polar surface area (TPSA) is 62.4 Å². The van der Waals surface area contributed by atoms with Gasteiger partial charge in [-0.15, -0.1) is 10.2 Å². The standard InChI is InChI=1S/C20H23N3O2/c1-3-23(13-18(24)16-11-9-15(2)10-12-16)14-19-21-22-20(25-19)17-7-5-4-6-8-17/h4-12,18,24H,3,13-14H2,1-2H3. The molecule has 3 rings (SSSR count). The fraction of sp³-hybridized carbons (Fsp3) is 0.300. The fourth-order valence-electron chi connectivity index (χ4n) is 2.65. The van der Waals surface area contributed by atoms with E-state index in [0.29, 0.717) is 24.9 Å². The molecule has 1 heterocycles. The van der Waals surface area contributed by atoms with Gasteiger partial charge >= 0.3 is 0 Å². The summed E-state index contributed by atoms with van der Waals surface area (Å²) in [6.45, 7) is 5.90. The van der Waals surface area contributed by atoms with Gasteiger partial charge in [0, 0.05) is 12.1 Å². The first-order chi connectivity index (χ1) is 12.2. The van der Waals surface area contributed by atoms with Crippen LogP contribution in [0.2, 0.25) is 0 Å². The van der Waals surface area contributed by atoms with E-state index >= 15 is 0 Å². The van der Waals surface area contributed by atoms with Gasteiger partial charge in [0.15, 0.2) is 0 Å². The Kier molecular flexibility index (Phi) is 5.58. The van der Waals surface area contributed by atoms with Crippen molar-refractivity contribution < 1.29 is 9.52 Å². The van der Waals surface area contributed by atoms with E-state index in [-0.39, 0.29) is 0 Å². The van der Waals surface area contributed by atoms with Crippen LogP contribution >= 0.6 is 0 Å². The minimum absolute atomic E-state index is 0.513. The summed E-state index contributed by atoms with van der Waals surface area (Å²) in [7, 11) is 0. The van der Waals surface area contributed by atoms with Crippen LogP contribution in [-0.4, -0.2) is 33.3 Å². The Labute approximate surface area is 147 Å². The van der Waals surface area contributed by atoms with Crippen LogP contribution in [0.1, 0.15) is 30.0 Å². The van der Waals surface area contributed by atoms with Crippen molar-refractivity contribution in [1.29, 1.82) is 0 Å². The van der Waals surface area contributed by atoms with Crippen molar-refractivity contribution in [2.75, 3.05) is 13.1 Å². The maximum absolute atomic E-state index is 10.5. The molecule has 3 aromatic rings. The second-order valence-corrected chi connectivity index (χ2v) is 6.12. The Balaban J connectivity index is 1.64.